The SMILES string of the molecule is BC(=O)O[C@H]1[C@@H]([C@H](NC(C)=O)[C@@H](O)[C@@H](O)CO)[C@H](NC(=N)N)C[C@@H]1C(=O)O. The molecule has 1 amide bonds. The van der Waals surface area contributed by atoms with E-state index >= 15 is 0 Å². The smallest absolute Gasteiger partial charge is 0.310 e. The van der Waals surface area contributed by atoms with Gasteiger partial charge >= 0.3 is 5.97 Å². The van der Waals surface area contributed by atoms with Gasteiger partial charge in [-0.15, -0.1) is 0 Å². The predicted octanol–water partition coefficient (Wildman–Crippen LogP) is -4.08. The van der Waals surface area contributed by atoms with Gasteiger partial charge in [-0.1, -0.05) is 0 Å². The lowest BCUT2D eigenvalue weighted by molar-refractivity contribution is -0.145. The highest BCUT2D eigenvalue weighted by Gasteiger charge is 2.54. The molecule has 0 aromatic carbocycles. The van der Waals surface area contributed by atoms with Gasteiger partial charge in [-0.25, -0.2) is 0 Å². The van der Waals surface area contributed by atoms with E-state index in [1.807, 2.05) is 0 Å². The molecule has 9 N–H and O–H groups in total. The van der Waals surface area contributed by atoms with E-state index in [2.05, 4.69) is 10.6 Å². The van der Waals surface area contributed by atoms with E-state index in [1.54, 1.807) is 0 Å². The molecule has 0 aromatic heterocycles. The highest BCUT2D eigenvalue weighted by Crippen LogP contribution is 2.38. The largest absolute Gasteiger partial charge is 0.481 e. The molecule has 1 aliphatic carbocycles. The minimum absolute atomic E-state index is 0.116. The number of guanidine groups is 1. The molecule has 0 saturated heterocycles. The molecule has 0 bridgehead atoms. The molecule has 7 atom stereocenters. The first-order chi connectivity index (χ1) is 12.5. The number of aliphatic hydroxyl groups is 3. The maximum absolute atomic E-state index is 11.6. The number of amides is 1. The quantitative estimate of drug-likeness (QED) is 0.114. The van der Waals surface area contributed by atoms with Gasteiger partial charge in [-0.05, 0) is 6.42 Å². The summed E-state index contributed by atoms with van der Waals surface area (Å²) in [6.07, 6.45) is -4.75. The number of carboxylic acid groups (broad SMARTS) is 1. The number of nitrogens with one attached hydrogen (secondary N) is 3. The Kier molecular flexibility index (Phi) is 8.00. The summed E-state index contributed by atoms with van der Waals surface area (Å²) >= 11 is 0. The van der Waals surface area contributed by atoms with Crippen molar-refractivity contribution in [2.75, 3.05) is 6.61 Å². The molecule has 0 aliphatic heterocycles. The van der Waals surface area contributed by atoms with E-state index in [-0.39, 0.29) is 6.42 Å². The molecule has 13 heteroatoms. The first-order valence-electron chi connectivity index (χ1n) is 8.24. The van der Waals surface area contributed by atoms with E-state index in [1.165, 1.54) is 0 Å². The number of carbonyl (C=O) groups excluding carboxylic acids is 2. The number of aliphatic hydroxyl groups excluding tert-OH is 3. The van der Waals surface area contributed by atoms with Gasteiger partial charge in [0.25, 0.3) is 0 Å². The summed E-state index contributed by atoms with van der Waals surface area (Å²) in [5.74, 6) is -5.41. The molecule has 0 spiro atoms. The standard InChI is InChI=1S/C14H25BN4O8/c1-4(21)18-9(10(23)7(22)3-20)8-6(19-14(16)17)2-5(12(24)25)11(8)27-13(15)26/h5-11,20,22-23H,2-3,15H2,1H3,(H,18,21)(H,24,25)(H4,16,17,19)/t5-,6+,7-,8+,9-,10-,11+/m0/s1. The Morgan fingerprint density at radius 2 is 1.96 bits per heavy atom. The zero-order valence-corrected chi connectivity index (χ0v) is 15.0. The highest BCUT2D eigenvalue weighted by molar-refractivity contribution is 6.55. The molecule has 1 saturated carbocycles. The van der Waals surface area contributed by atoms with Crippen LogP contribution >= 0.6 is 0 Å². The fraction of sp³-hybridized carbons (Fsp3) is 0.714. The predicted molar refractivity (Wildman–Crippen MR) is 93.6 cm³/mol. The second-order valence-corrected chi connectivity index (χ2v) is 6.46. The Labute approximate surface area is 156 Å². The molecule has 12 nitrogen and oxygen atoms in total. The van der Waals surface area contributed by atoms with Gasteiger partial charge in [0.15, 0.2) is 5.96 Å². The first-order valence-corrected chi connectivity index (χ1v) is 8.24. The van der Waals surface area contributed by atoms with Crippen molar-refractivity contribution >= 4 is 31.6 Å². The molecule has 27 heavy (non-hydrogen) atoms. The highest BCUT2D eigenvalue weighted by atomic mass is 16.5. The minimum Gasteiger partial charge on any atom is -0.481 e. The average Bonchev–Trinajstić information content (AvgIpc) is 2.87. The fourth-order valence-corrected chi connectivity index (χ4v) is 3.46. The minimum atomic E-state index is -1.70. The summed E-state index contributed by atoms with van der Waals surface area (Å²) < 4.78 is 5.16. The number of nitrogens with two attached hydrogens (primary N) is 1. The second-order valence-electron chi connectivity index (χ2n) is 6.46. The fourth-order valence-electron chi connectivity index (χ4n) is 3.46. The topological polar surface area (TPSA) is 215 Å². The first kappa shape index (κ1) is 22.7. The van der Waals surface area contributed by atoms with Crippen LogP contribution in [-0.4, -0.2) is 89.0 Å². The average molecular weight is 388 g/mol. The lowest BCUT2D eigenvalue weighted by Crippen LogP contribution is -2.60. The summed E-state index contributed by atoms with van der Waals surface area (Å²) in [5.41, 5.74) is 5.34. The molecule has 0 aromatic rings. The van der Waals surface area contributed by atoms with Crippen molar-refractivity contribution in [3.63, 3.8) is 0 Å². The van der Waals surface area contributed by atoms with Gasteiger partial charge in [-0.3, -0.25) is 19.8 Å². The van der Waals surface area contributed by atoms with Crippen molar-refractivity contribution in [1.29, 1.82) is 5.41 Å². The zero-order valence-electron chi connectivity index (χ0n) is 15.0. The van der Waals surface area contributed by atoms with E-state index in [4.69, 9.17) is 21.0 Å². The van der Waals surface area contributed by atoms with E-state index in [9.17, 15) is 29.7 Å². The molecular weight excluding hydrogens is 363 g/mol. The number of carbonyl (C=O) groups is 3. The normalized spacial score (nSPS) is 27.9. The van der Waals surface area contributed by atoms with Crippen LogP contribution in [0.15, 0.2) is 0 Å². The number of ether oxygens (including phenoxy) is 1. The Balaban J connectivity index is 3.40. The molecule has 1 aliphatic rings. The molecule has 0 radical (unpaired) electrons. The van der Waals surface area contributed by atoms with Gasteiger partial charge in [-0.2, -0.15) is 0 Å². The second kappa shape index (κ2) is 9.53. The lowest BCUT2D eigenvalue weighted by atomic mass is 9.85. The van der Waals surface area contributed by atoms with Crippen molar-refractivity contribution in [3.05, 3.63) is 0 Å². The van der Waals surface area contributed by atoms with E-state index < -0.39 is 72.5 Å². The Bertz CT molecular complexity index is 591. The van der Waals surface area contributed by atoms with Crippen LogP contribution in [-0.2, 0) is 14.3 Å². The van der Waals surface area contributed by atoms with Crippen LogP contribution in [0.3, 0.4) is 0 Å². The van der Waals surface area contributed by atoms with Gasteiger partial charge in [0.05, 0.1) is 18.6 Å². The maximum Gasteiger partial charge on any atom is 0.310 e. The van der Waals surface area contributed by atoms with Crippen LogP contribution in [0.2, 0.25) is 0 Å². The van der Waals surface area contributed by atoms with E-state index in [0.717, 1.165) is 14.8 Å². The summed E-state index contributed by atoms with van der Waals surface area (Å²) in [6, 6.07) is -2.17. The number of aliphatic carboxylic acids is 1. The van der Waals surface area contributed by atoms with Gasteiger partial charge in [0.2, 0.25) is 19.6 Å². The van der Waals surface area contributed by atoms with Gasteiger partial charge in [0, 0.05) is 18.9 Å². The van der Waals surface area contributed by atoms with Crippen LogP contribution in [0.1, 0.15) is 13.3 Å². The summed E-state index contributed by atoms with van der Waals surface area (Å²) in [5, 5.41) is 51.2. The molecule has 152 valence electrons. The number of hydrogen-bond acceptors (Lipinski definition) is 8. The molecule has 1 rings (SSSR count). The van der Waals surface area contributed by atoms with Gasteiger partial charge < -0.3 is 41.5 Å². The molecular formula is C14H25BN4O8. The molecule has 0 heterocycles. The van der Waals surface area contributed by atoms with E-state index in [0.29, 0.717) is 0 Å². The van der Waals surface area contributed by atoms with Crippen LogP contribution in [0, 0.1) is 17.2 Å². The number of rotatable bonds is 8. The molecule has 0 unspecified atom stereocenters. The molecule has 1 fully saturated rings. The third-order valence-corrected chi connectivity index (χ3v) is 4.44. The van der Waals surface area contributed by atoms with Crippen molar-refractivity contribution in [2.24, 2.45) is 17.6 Å². The van der Waals surface area contributed by atoms with Crippen LogP contribution in [0.5, 0.6) is 0 Å². The van der Waals surface area contributed by atoms with Crippen LogP contribution in [0.4, 0.5) is 4.79 Å². The summed E-state index contributed by atoms with van der Waals surface area (Å²) in [7, 11) is 1.08. The van der Waals surface area contributed by atoms with Gasteiger partial charge in [0.1, 0.15) is 18.3 Å². The van der Waals surface area contributed by atoms with Crippen molar-refractivity contribution in [3.8, 4) is 0 Å². The Hall–Kier alpha value is -2.38. The van der Waals surface area contributed by atoms with Crippen molar-refractivity contribution in [2.45, 2.75) is 43.7 Å². The maximum atomic E-state index is 11.6. The Morgan fingerprint density at radius 1 is 1.37 bits per heavy atom. The third kappa shape index (κ3) is 5.81. The summed E-state index contributed by atoms with van der Waals surface area (Å²) in [4.78, 5) is 34.8. The van der Waals surface area contributed by atoms with Crippen molar-refractivity contribution in [1.82, 2.24) is 10.6 Å². The number of carboxylic acids is 1. The monoisotopic (exact) mass is 388 g/mol. The third-order valence-electron chi connectivity index (χ3n) is 4.44. The Morgan fingerprint density at radius 3 is 2.37 bits per heavy atom. The van der Waals surface area contributed by atoms with Crippen LogP contribution < -0.4 is 16.4 Å². The lowest BCUT2D eigenvalue weighted by Gasteiger charge is -2.37. The summed E-state index contributed by atoms with van der Waals surface area (Å²) in [6.45, 7) is 0.318. The van der Waals surface area contributed by atoms with Crippen LogP contribution in [0.25, 0.3) is 0 Å². The zero-order chi connectivity index (χ0) is 20.9. The van der Waals surface area contributed by atoms with Crippen molar-refractivity contribution < 1.29 is 39.5 Å². The number of hydrogen-bond donors (Lipinski definition) is 8.